The lowest BCUT2D eigenvalue weighted by atomic mass is 10.2. The lowest BCUT2D eigenvalue weighted by Gasteiger charge is -1.98. The van der Waals surface area contributed by atoms with Crippen molar-refractivity contribution >= 4 is 28.6 Å². The van der Waals surface area contributed by atoms with Crippen LogP contribution in [0, 0.1) is 17.1 Å². The van der Waals surface area contributed by atoms with Crippen LogP contribution < -0.4 is 0 Å². The van der Waals surface area contributed by atoms with Gasteiger partial charge in [-0.1, -0.05) is 0 Å². The summed E-state index contributed by atoms with van der Waals surface area (Å²) in [5.41, 5.74) is 0.244. The molecule has 0 bridgehead atoms. The van der Waals surface area contributed by atoms with Crippen LogP contribution >= 0.6 is 28.6 Å². The van der Waals surface area contributed by atoms with Gasteiger partial charge in [0.1, 0.15) is 6.07 Å². The van der Waals surface area contributed by atoms with Gasteiger partial charge in [-0.05, 0) is 28.1 Å². The fraction of sp³-hybridized carbons (Fsp3) is 0. The van der Waals surface area contributed by atoms with Crippen LogP contribution in [0.3, 0.4) is 0 Å². The van der Waals surface area contributed by atoms with Gasteiger partial charge in [0.05, 0.1) is 14.9 Å². The SMILES string of the molecule is N#Cc1ccc(Br)c(F)c1S. The van der Waals surface area contributed by atoms with Crippen molar-refractivity contribution in [2.75, 3.05) is 0 Å². The van der Waals surface area contributed by atoms with Crippen LogP contribution in [0.1, 0.15) is 5.56 Å². The Kier molecular flexibility index (Phi) is 2.53. The summed E-state index contributed by atoms with van der Waals surface area (Å²) in [4.78, 5) is 0.0851. The van der Waals surface area contributed by atoms with Crippen LogP contribution in [0.2, 0.25) is 0 Å². The molecule has 0 aliphatic heterocycles. The second-order valence-corrected chi connectivity index (χ2v) is 3.17. The molecule has 0 fully saturated rings. The maximum atomic E-state index is 12.9. The van der Waals surface area contributed by atoms with Crippen molar-refractivity contribution in [2.45, 2.75) is 4.90 Å². The maximum Gasteiger partial charge on any atom is 0.151 e. The third-order valence-electron chi connectivity index (χ3n) is 1.19. The van der Waals surface area contributed by atoms with Gasteiger partial charge in [-0.25, -0.2) is 4.39 Å². The predicted molar refractivity (Wildman–Crippen MR) is 46.1 cm³/mol. The highest BCUT2D eigenvalue weighted by Crippen LogP contribution is 2.24. The number of halogens is 2. The summed E-state index contributed by atoms with van der Waals surface area (Å²) in [5, 5.41) is 8.45. The average molecular weight is 232 g/mol. The minimum absolute atomic E-state index is 0.0851. The Bertz CT molecular complexity index is 332. The number of thiol groups is 1. The van der Waals surface area contributed by atoms with E-state index in [1.165, 1.54) is 12.1 Å². The van der Waals surface area contributed by atoms with E-state index in [-0.39, 0.29) is 10.5 Å². The van der Waals surface area contributed by atoms with Crippen LogP contribution in [0.15, 0.2) is 21.5 Å². The Morgan fingerprint density at radius 1 is 1.55 bits per heavy atom. The van der Waals surface area contributed by atoms with Crippen LogP contribution in [-0.2, 0) is 0 Å². The standard InChI is InChI=1S/C7H3BrFNS/c8-5-2-1-4(3-10)7(11)6(5)9/h1-2,11H. The van der Waals surface area contributed by atoms with E-state index in [9.17, 15) is 4.39 Å². The summed E-state index contributed by atoms with van der Waals surface area (Å²) < 4.78 is 13.2. The molecular formula is C7H3BrFNS. The molecule has 0 N–H and O–H groups in total. The van der Waals surface area contributed by atoms with E-state index in [1.807, 2.05) is 6.07 Å². The third-order valence-corrected chi connectivity index (χ3v) is 2.24. The van der Waals surface area contributed by atoms with Crippen molar-refractivity contribution in [3.05, 3.63) is 28.0 Å². The van der Waals surface area contributed by atoms with Crippen molar-refractivity contribution in [2.24, 2.45) is 0 Å². The van der Waals surface area contributed by atoms with Crippen molar-refractivity contribution in [1.29, 1.82) is 5.26 Å². The predicted octanol–water partition coefficient (Wildman–Crippen LogP) is 2.75. The summed E-state index contributed by atoms with van der Waals surface area (Å²) in [6.07, 6.45) is 0. The van der Waals surface area contributed by atoms with Gasteiger partial charge >= 0.3 is 0 Å². The first-order valence-electron chi connectivity index (χ1n) is 2.74. The summed E-state index contributed by atoms with van der Waals surface area (Å²) in [6, 6.07) is 4.82. The van der Waals surface area contributed by atoms with Crippen LogP contribution in [0.25, 0.3) is 0 Å². The Balaban J connectivity index is 3.40. The van der Waals surface area contributed by atoms with Crippen LogP contribution in [0.5, 0.6) is 0 Å². The summed E-state index contributed by atoms with van der Waals surface area (Å²) in [6.45, 7) is 0. The fourth-order valence-electron chi connectivity index (χ4n) is 0.630. The van der Waals surface area contributed by atoms with Crippen molar-refractivity contribution in [1.82, 2.24) is 0 Å². The van der Waals surface area contributed by atoms with E-state index in [2.05, 4.69) is 28.6 Å². The zero-order chi connectivity index (χ0) is 8.43. The van der Waals surface area contributed by atoms with E-state index in [0.29, 0.717) is 4.47 Å². The van der Waals surface area contributed by atoms with Gasteiger partial charge in [0.25, 0.3) is 0 Å². The van der Waals surface area contributed by atoms with Crippen molar-refractivity contribution < 1.29 is 4.39 Å². The highest BCUT2D eigenvalue weighted by Gasteiger charge is 2.07. The highest BCUT2D eigenvalue weighted by atomic mass is 79.9. The molecule has 1 nitrogen and oxygen atoms in total. The monoisotopic (exact) mass is 231 g/mol. The van der Waals surface area contributed by atoms with E-state index in [0.717, 1.165) is 0 Å². The van der Waals surface area contributed by atoms with Gasteiger partial charge in [0.15, 0.2) is 5.82 Å². The number of hydrogen-bond donors (Lipinski definition) is 1. The van der Waals surface area contributed by atoms with Gasteiger partial charge in [-0.2, -0.15) is 5.26 Å². The molecule has 11 heavy (non-hydrogen) atoms. The summed E-state index contributed by atoms with van der Waals surface area (Å²) >= 11 is 6.81. The van der Waals surface area contributed by atoms with E-state index in [4.69, 9.17) is 5.26 Å². The molecule has 0 spiro atoms. The number of rotatable bonds is 0. The number of hydrogen-bond acceptors (Lipinski definition) is 2. The largest absolute Gasteiger partial charge is 0.204 e. The zero-order valence-corrected chi connectivity index (χ0v) is 7.79. The lowest BCUT2D eigenvalue weighted by Crippen LogP contribution is -1.84. The Morgan fingerprint density at radius 2 is 2.18 bits per heavy atom. The van der Waals surface area contributed by atoms with Crippen molar-refractivity contribution in [3.63, 3.8) is 0 Å². The molecule has 0 aliphatic carbocycles. The maximum absolute atomic E-state index is 12.9. The molecule has 0 saturated heterocycles. The second kappa shape index (κ2) is 3.24. The molecule has 0 amide bonds. The smallest absolute Gasteiger partial charge is 0.151 e. The third kappa shape index (κ3) is 1.55. The number of nitrogens with zero attached hydrogens (tertiary/aromatic N) is 1. The average Bonchev–Trinajstić information content (AvgIpc) is 2.01. The first kappa shape index (κ1) is 8.57. The Morgan fingerprint density at radius 3 is 2.73 bits per heavy atom. The van der Waals surface area contributed by atoms with Gasteiger partial charge in [0.2, 0.25) is 0 Å². The lowest BCUT2D eigenvalue weighted by molar-refractivity contribution is 0.594. The van der Waals surface area contributed by atoms with E-state index in [1.54, 1.807) is 0 Å². The first-order valence-corrected chi connectivity index (χ1v) is 3.98. The number of benzene rings is 1. The molecule has 0 unspecified atom stereocenters. The van der Waals surface area contributed by atoms with Crippen LogP contribution in [-0.4, -0.2) is 0 Å². The van der Waals surface area contributed by atoms with Gasteiger partial charge in [-0.3, -0.25) is 0 Å². The molecule has 1 aromatic carbocycles. The quantitative estimate of drug-likeness (QED) is 0.683. The molecule has 0 atom stereocenters. The molecule has 1 aromatic rings. The topological polar surface area (TPSA) is 23.8 Å². The second-order valence-electron chi connectivity index (χ2n) is 1.87. The Labute approximate surface area is 77.4 Å². The molecule has 4 heteroatoms. The van der Waals surface area contributed by atoms with Crippen molar-refractivity contribution in [3.8, 4) is 6.07 Å². The molecule has 0 aliphatic rings. The molecule has 0 saturated carbocycles. The van der Waals surface area contributed by atoms with Gasteiger partial charge in [-0.15, -0.1) is 12.6 Å². The number of nitriles is 1. The highest BCUT2D eigenvalue weighted by molar-refractivity contribution is 9.10. The molecule has 0 radical (unpaired) electrons. The Hall–Kier alpha value is -0.530. The fourth-order valence-corrected chi connectivity index (χ4v) is 1.36. The van der Waals surface area contributed by atoms with E-state index < -0.39 is 5.82 Å². The zero-order valence-electron chi connectivity index (χ0n) is 5.31. The van der Waals surface area contributed by atoms with Gasteiger partial charge in [0, 0.05) is 0 Å². The minimum atomic E-state index is -0.493. The van der Waals surface area contributed by atoms with Crippen LogP contribution in [0.4, 0.5) is 4.39 Å². The molecule has 0 heterocycles. The first-order chi connectivity index (χ1) is 5.16. The molecular weight excluding hydrogens is 229 g/mol. The molecule has 0 aromatic heterocycles. The molecule has 1 rings (SSSR count). The van der Waals surface area contributed by atoms with Gasteiger partial charge < -0.3 is 0 Å². The summed E-state index contributed by atoms with van der Waals surface area (Å²) in [7, 11) is 0. The summed E-state index contributed by atoms with van der Waals surface area (Å²) in [5.74, 6) is -0.493. The van der Waals surface area contributed by atoms with E-state index >= 15 is 0 Å². The minimum Gasteiger partial charge on any atom is -0.204 e. The normalized spacial score (nSPS) is 9.27. The molecule has 56 valence electrons.